The Kier molecular flexibility index (Phi) is 5.91. The second kappa shape index (κ2) is 8.94. The molecule has 1 unspecified atom stereocenters. The second-order valence-corrected chi connectivity index (χ2v) is 9.99. The summed E-state index contributed by atoms with van der Waals surface area (Å²) >= 11 is 6.01. The van der Waals surface area contributed by atoms with Gasteiger partial charge in [-0.1, -0.05) is 11.6 Å². The van der Waals surface area contributed by atoms with Crippen LogP contribution in [0, 0.1) is 0 Å². The molecule has 0 saturated carbocycles. The van der Waals surface area contributed by atoms with Gasteiger partial charge in [-0.25, -0.2) is 19.4 Å². The van der Waals surface area contributed by atoms with Gasteiger partial charge in [0.05, 0.1) is 11.4 Å². The molecule has 36 heavy (non-hydrogen) atoms. The Labute approximate surface area is 210 Å². The summed E-state index contributed by atoms with van der Waals surface area (Å²) in [5.41, 5.74) is 6.92. The highest BCUT2D eigenvalue weighted by Crippen LogP contribution is 2.30. The van der Waals surface area contributed by atoms with Gasteiger partial charge in [0, 0.05) is 18.1 Å². The van der Waals surface area contributed by atoms with Gasteiger partial charge < -0.3 is 19.8 Å². The topological polar surface area (TPSA) is 154 Å². The Hall–Kier alpha value is -3.93. The Morgan fingerprint density at radius 1 is 1.28 bits per heavy atom. The van der Waals surface area contributed by atoms with Gasteiger partial charge in [0.15, 0.2) is 16.9 Å². The third-order valence-corrected chi connectivity index (χ3v) is 5.93. The maximum absolute atomic E-state index is 13.2. The van der Waals surface area contributed by atoms with Crippen molar-refractivity contribution in [2.75, 3.05) is 24.1 Å². The number of nitrogens with one attached hydrogen (secondary N) is 1. The number of hydrogen-bond acceptors (Lipinski definition) is 9. The number of likely N-dealkylation sites (tertiary alicyclic amines) is 1. The lowest BCUT2D eigenvalue weighted by molar-refractivity contribution is 0.0168. The van der Waals surface area contributed by atoms with Gasteiger partial charge in [-0.05, 0) is 51.8 Å². The van der Waals surface area contributed by atoms with Gasteiger partial charge in [0.1, 0.15) is 23.3 Å². The largest absolute Gasteiger partial charge is 0.444 e. The van der Waals surface area contributed by atoms with Crippen LogP contribution in [0.1, 0.15) is 50.1 Å². The lowest BCUT2D eigenvalue weighted by atomic mass is 10.1. The molecule has 0 radical (unpaired) electrons. The second-order valence-electron chi connectivity index (χ2n) is 9.56. The number of hydrogen-bond donors (Lipinski definition) is 2. The van der Waals surface area contributed by atoms with Gasteiger partial charge >= 0.3 is 12.1 Å². The van der Waals surface area contributed by atoms with Crippen LogP contribution in [0.3, 0.4) is 0 Å². The van der Waals surface area contributed by atoms with Crippen molar-refractivity contribution in [3.05, 3.63) is 35.2 Å². The quantitative estimate of drug-likeness (QED) is 0.414. The summed E-state index contributed by atoms with van der Waals surface area (Å²) in [6, 6.07) is 4.71. The molecule has 13 heteroatoms. The zero-order valence-corrected chi connectivity index (χ0v) is 20.7. The van der Waals surface area contributed by atoms with Crippen molar-refractivity contribution < 1.29 is 18.7 Å². The first-order valence-electron chi connectivity index (χ1n) is 11.4. The molecule has 5 rings (SSSR count). The SMILES string of the molecule is CC(C)(C)OC(=O)N1CCCC(n2nc(C(=O)Nc3nc4cc(Cl)ccc4o3)c3c(N)ncnc32)C1. The molecule has 2 amide bonds. The highest BCUT2D eigenvalue weighted by Gasteiger charge is 2.32. The number of ether oxygens (including phenoxy) is 1. The van der Waals surface area contributed by atoms with Crippen LogP contribution in [0.15, 0.2) is 28.9 Å². The van der Waals surface area contributed by atoms with Crippen molar-refractivity contribution in [1.29, 1.82) is 0 Å². The molecule has 0 aliphatic carbocycles. The minimum absolute atomic E-state index is 0.0100. The van der Waals surface area contributed by atoms with Crippen molar-refractivity contribution >= 4 is 57.6 Å². The lowest BCUT2D eigenvalue weighted by Crippen LogP contribution is -2.43. The van der Waals surface area contributed by atoms with E-state index in [9.17, 15) is 9.59 Å². The number of piperidine rings is 1. The number of oxazole rings is 1. The zero-order valence-electron chi connectivity index (χ0n) is 20.0. The summed E-state index contributed by atoms with van der Waals surface area (Å²) < 4.78 is 12.8. The number of aromatic nitrogens is 5. The molecule has 12 nitrogen and oxygen atoms in total. The summed E-state index contributed by atoms with van der Waals surface area (Å²) in [5.74, 6) is -0.474. The molecule has 3 aromatic heterocycles. The number of nitrogens with zero attached hydrogens (tertiary/aromatic N) is 6. The van der Waals surface area contributed by atoms with E-state index in [0.29, 0.717) is 40.2 Å². The normalized spacial score (nSPS) is 16.4. The van der Waals surface area contributed by atoms with Crippen molar-refractivity contribution in [3.8, 4) is 0 Å². The first-order chi connectivity index (χ1) is 17.1. The van der Waals surface area contributed by atoms with E-state index in [1.165, 1.54) is 6.33 Å². The number of nitrogens with two attached hydrogens (primary N) is 1. The van der Waals surface area contributed by atoms with E-state index in [-0.39, 0.29) is 23.6 Å². The molecule has 188 valence electrons. The van der Waals surface area contributed by atoms with E-state index in [0.717, 1.165) is 12.8 Å². The van der Waals surface area contributed by atoms with Crippen LogP contribution >= 0.6 is 11.6 Å². The van der Waals surface area contributed by atoms with E-state index < -0.39 is 17.6 Å². The minimum atomic E-state index is -0.606. The molecule has 1 saturated heterocycles. The molecule has 4 aromatic rings. The predicted molar refractivity (Wildman–Crippen MR) is 133 cm³/mol. The van der Waals surface area contributed by atoms with Crippen molar-refractivity contribution in [3.63, 3.8) is 0 Å². The van der Waals surface area contributed by atoms with E-state index in [1.807, 2.05) is 20.8 Å². The molecule has 0 bridgehead atoms. The van der Waals surface area contributed by atoms with Crippen LogP contribution in [-0.2, 0) is 4.74 Å². The van der Waals surface area contributed by atoms with E-state index in [1.54, 1.807) is 27.8 Å². The minimum Gasteiger partial charge on any atom is -0.444 e. The molecule has 1 aliphatic rings. The van der Waals surface area contributed by atoms with Crippen molar-refractivity contribution in [1.82, 2.24) is 29.6 Å². The first-order valence-corrected chi connectivity index (χ1v) is 11.8. The molecular weight excluding hydrogens is 488 g/mol. The van der Waals surface area contributed by atoms with E-state index in [4.69, 9.17) is 26.5 Å². The number of carbonyl (C=O) groups is 2. The highest BCUT2D eigenvalue weighted by atomic mass is 35.5. The number of halogens is 1. The Morgan fingerprint density at radius 2 is 2.08 bits per heavy atom. The van der Waals surface area contributed by atoms with Gasteiger partial charge in [-0.2, -0.15) is 10.1 Å². The van der Waals surface area contributed by atoms with Gasteiger partial charge in [-0.3, -0.25) is 10.1 Å². The fraction of sp³-hybridized carbons (Fsp3) is 0.391. The predicted octanol–water partition coefficient (Wildman–Crippen LogP) is 4.03. The smallest absolute Gasteiger partial charge is 0.410 e. The number of carbonyl (C=O) groups excluding carboxylic acids is 2. The maximum Gasteiger partial charge on any atom is 0.410 e. The third-order valence-electron chi connectivity index (χ3n) is 5.70. The molecule has 1 aromatic carbocycles. The van der Waals surface area contributed by atoms with Crippen molar-refractivity contribution in [2.45, 2.75) is 45.3 Å². The number of anilines is 2. The lowest BCUT2D eigenvalue weighted by Gasteiger charge is -2.34. The highest BCUT2D eigenvalue weighted by molar-refractivity contribution is 6.31. The van der Waals surface area contributed by atoms with E-state index >= 15 is 0 Å². The molecule has 1 aliphatic heterocycles. The molecule has 3 N–H and O–H groups in total. The molecule has 0 spiro atoms. The molecular formula is C23H25ClN8O4. The number of nitrogen functional groups attached to an aromatic ring is 1. The van der Waals surface area contributed by atoms with Crippen LogP contribution in [0.5, 0.6) is 0 Å². The third kappa shape index (κ3) is 4.63. The van der Waals surface area contributed by atoms with Crippen LogP contribution in [0.25, 0.3) is 22.1 Å². The maximum atomic E-state index is 13.2. The Balaban J connectivity index is 1.45. The Bertz CT molecular complexity index is 1470. The number of benzene rings is 1. The van der Waals surface area contributed by atoms with Gasteiger partial charge in [0.2, 0.25) is 0 Å². The number of amides is 2. The monoisotopic (exact) mass is 512 g/mol. The summed E-state index contributed by atoms with van der Waals surface area (Å²) in [5, 5.41) is 7.99. The van der Waals surface area contributed by atoms with Crippen molar-refractivity contribution in [2.24, 2.45) is 0 Å². The van der Waals surface area contributed by atoms with Gasteiger partial charge in [-0.15, -0.1) is 0 Å². The number of fused-ring (bicyclic) bond motifs is 2. The fourth-order valence-corrected chi connectivity index (χ4v) is 4.33. The standard InChI is InChI=1S/C23H25ClN8O4/c1-23(2,3)36-22(34)31-8-4-5-13(10-31)32-19-16(18(25)26-11-27-19)17(30-32)20(33)29-21-28-14-9-12(24)6-7-15(14)35-21/h6-7,9,11,13H,4-5,8,10H2,1-3H3,(H2,25,26,27)(H,28,29,33). The molecule has 1 atom stereocenters. The van der Waals surface area contributed by atoms with Gasteiger partial charge in [0.25, 0.3) is 5.91 Å². The van der Waals surface area contributed by atoms with Crippen LogP contribution in [-0.4, -0.2) is 60.3 Å². The summed E-state index contributed by atoms with van der Waals surface area (Å²) in [6.07, 6.45) is 2.38. The van der Waals surface area contributed by atoms with E-state index in [2.05, 4.69) is 25.4 Å². The first kappa shape index (κ1) is 23.8. The summed E-state index contributed by atoms with van der Waals surface area (Å²) in [7, 11) is 0. The van der Waals surface area contributed by atoms with Crippen LogP contribution < -0.4 is 11.1 Å². The summed E-state index contributed by atoms with van der Waals surface area (Å²) in [6.45, 7) is 6.38. The fourth-order valence-electron chi connectivity index (χ4n) is 4.17. The van der Waals surface area contributed by atoms with Crippen LogP contribution in [0.4, 0.5) is 16.6 Å². The zero-order chi connectivity index (χ0) is 25.6. The molecule has 1 fully saturated rings. The Morgan fingerprint density at radius 3 is 2.86 bits per heavy atom. The molecule has 4 heterocycles. The van der Waals surface area contributed by atoms with Crippen LogP contribution in [0.2, 0.25) is 5.02 Å². The summed E-state index contributed by atoms with van der Waals surface area (Å²) in [4.78, 5) is 40.2. The average molecular weight is 513 g/mol. The average Bonchev–Trinajstić information content (AvgIpc) is 3.39. The number of rotatable bonds is 3.